The van der Waals surface area contributed by atoms with Gasteiger partial charge < -0.3 is 9.64 Å². The summed E-state index contributed by atoms with van der Waals surface area (Å²) in [5.41, 5.74) is 4.77. The third kappa shape index (κ3) is 3.10. The van der Waals surface area contributed by atoms with E-state index in [-0.39, 0.29) is 17.4 Å². The second-order valence-electron chi connectivity index (χ2n) is 8.70. The molecule has 0 saturated carbocycles. The number of fused-ring (bicyclic) bond motifs is 1. The second-order valence-corrected chi connectivity index (χ2v) is 8.70. The molecule has 0 unspecified atom stereocenters. The summed E-state index contributed by atoms with van der Waals surface area (Å²) in [5.74, 6) is 0.365. The van der Waals surface area contributed by atoms with Crippen LogP contribution in [-0.2, 0) is 5.41 Å². The number of carbonyl (C=O) groups excluding carboxylic acids is 1. The Balaban J connectivity index is 1.93. The van der Waals surface area contributed by atoms with Crippen LogP contribution in [0.4, 0.5) is 11.4 Å². The Labute approximate surface area is 176 Å². The van der Waals surface area contributed by atoms with Crippen LogP contribution in [0.15, 0.2) is 42.6 Å². The maximum Gasteiger partial charge on any atom is 0.280 e. The fourth-order valence-electron chi connectivity index (χ4n) is 3.97. The number of hydrogen-bond acceptors (Lipinski definition) is 5. The summed E-state index contributed by atoms with van der Waals surface area (Å²) in [7, 11) is 5.58. The van der Waals surface area contributed by atoms with Gasteiger partial charge in [0.05, 0.1) is 13.2 Å². The average molecular weight is 406 g/mol. The lowest BCUT2D eigenvalue weighted by atomic mass is 9.86. The molecule has 0 bridgehead atoms. The van der Waals surface area contributed by atoms with Gasteiger partial charge in [-0.2, -0.15) is 5.10 Å². The quantitative estimate of drug-likeness (QED) is 0.712. The lowest BCUT2D eigenvalue weighted by molar-refractivity contribution is 0.0988. The molecule has 3 heterocycles. The normalized spacial score (nSPS) is 16.0. The molecule has 1 aliphatic rings. The number of nitrogens with zero attached hydrogens (tertiary/aromatic N) is 4. The minimum absolute atomic E-state index is 0.134. The minimum Gasteiger partial charge on any atom is -0.481 e. The molecular weight excluding hydrogens is 378 g/mol. The van der Waals surface area contributed by atoms with Gasteiger partial charge in [-0.05, 0) is 36.4 Å². The SMILES string of the molecule is COc1ncccc1[C@H]1c2c(n[nH]c2C(C)(C)C)C(=O)N1c1ccc(N(C)C)cc1. The third-order valence-corrected chi connectivity index (χ3v) is 5.44. The van der Waals surface area contributed by atoms with Crippen LogP contribution in [0, 0.1) is 0 Å². The molecule has 1 atom stereocenters. The first-order valence-electron chi connectivity index (χ1n) is 9.92. The van der Waals surface area contributed by atoms with Gasteiger partial charge in [-0.1, -0.05) is 20.8 Å². The van der Waals surface area contributed by atoms with Gasteiger partial charge in [0.1, 0.15) is 0 Å². The number of benzene rings is 1. The second kappa shape index (κ2) is 7.16. The number of nitrogens with one attached hydrogen (secondary N) is 1. The molecule has 1 N–H and O–H groups in total. The van der Waals surface area contributed by atoms with Crippen LogP contribution in [0.1, 0.15) is 54.1 Å². The monoisotopic (exact) mass is 405 g/mol. The lowest BCUT2D eigenvalue weighted by Crippen LogP contribution is -2.30. The number of hydrogen-bond donors (Lipinski definition) is 1. The summed E-state index contributed by atoms with van der Waals surface area (Å²) in [5, 5.41) is 7.53. The van der Waals surface area contributed by atoms with Crippen molar-refractivity contribution >= 4 is 17.3 Å². The van der Waals surface area contributed by atoms with E-state index in [2.05, 4.69) is 36.0 Å². The lowest BCUT2D eigenvalue weighted by Gasteiger charge is -2.29. The molecule has 0 fully saturated rings. The van der Waals surface area contributed by atoms with Gasteiger partial charge >= 0.3 is 0 Å². The van der Waals surface area contributed by atoms with Crippen molar-refractivity contribution in [2.75, 3.05) is 31.0 Å². The van der Waals surface area contributed by atoms with E-state index >= 15 is 0 Å². The first-order valence-corrected chi connectivity index (χ1v) is 9.92. The molecular formula is C23H27N5O2. The third-order valence-electron chi connectivity index (χ3n) is 5.44. The maximum atomic E-state index is 13.5. The van der Waals surface area contributed by atoms with Crippen LogP contribution in [0.2, 0.25) is 0 Å². The van der Waals surface area contributed by atoms with Crippen molar-refractivity contribution in [1.82, 2.24) is 15.2 Å². The summed E-state index contributed by atoms with van der Waals surface area (Å²) in [6, 6.07) is 11.4. The highest BCUT2D eigenvalue weighted by Gasteiger charge is 2.46. The van der Waals surface area contributed by atoms with E-state index in [4.69, 9.17) is 4.74 Å². The highest BCUT2D eigenvalue weighted by molar-refractivity contribution is 6.10. The van der Waals surface area contributed by atoms with E-state index in [0.29, 0.717) is 11.6 Å². The minimum atomic E-state index is -0.380. The first-order chi connectivity index (χ1) is 14.2. The van der Waals surface area contributed by atoms with Crippen molar-refractivity contribution in [3.63, 3.8) is 0 Å². The molecule has 156 valence electrons. The van der Waals surface area contributed by atoms with Crippen LogP contribution < -0.4 is 14.5 Å². The fourth-order valence-corrected chi connectivity index (χ4v) is 3.97. The Morgan fingerprint density at radius 2 is 1.83 bits per heavy atom. The van der Waals surface area contributed by atoms with Crippen molar-refractivity contribution in [1.29, 1.82) is 0 Å². The molecule has 1 amide bonds. The van der Waals surface area contributed by atoms with Crippen LogP contribution >= 0.6 is 0 Å². The number of anilines is 2. The van der Waals surface area contributed by atoms with Gasteiger partial charge in [0.2, 0.25) is 5.88 Å². The van der Waals surface area contributed by atoms with Crippen LogP contribution in [0.25, 0.3) is 0 Å². The predicted octanol–water partition coefficient (Wildman–Crippen LogP) is 3.93. The Hall–Kier alpha value is -3.35. The summed E-state index contributed by atoms with van der Waals surface area (Å²) in [4.78, 5) is 21.7. The molecule has 1 aromatic carbocycles. The van der Waals surface area contributed by atoms with E-state index in [0.717, 1.165) is 28.2 Å². The number of methoxy groups -OCH3 is 1. The van der Waals surface area contributed by atoms with Crippen molar-refractivity contribution in [3.05, 3.63) is 65.1 Å². The summed E-state index contributed by atoms with van der Waals surface area (Å²) >= 11 is 0. The van der Waals surface area contributed by atoms with Gasteiger partial charge in [-0.3, -0.25) is 14.8 Å². The Kier molecular flexibility index (Phi) is 4.76. The zero-order valence-electron chi connectivity index (χ0n) is 18.2. The number of carbonyl (C=O) groups is 1. The van der Waals surface area contributed by atoms with E-state index in [1.54, 1.807) is 18.2 Å². The topological polar surface area (TPSA) is 74.3 Å². The number of pyridine rings is 1. The number of aromatic nitrogens is 3. The molecule has 0 aliphatic carbocycles. The van der Waals surface area contributed by atoms with Crippen LogP contribution in [0.3, 0.4) is 0 Å². The van der Waals surface area contributed by atoms with E-state index in [1.807, 2.05) is 55.4 Å². The van der Waals surface area contributed by atoms with Crippen LogP contribution in [-0.4, -0.2) is 42.3 Å². The summed E-state index contributed by atoms with van der Waals surface area (Å²) in [6.07, 6.45) is 1.69. The van der Waals surface area contributed by atoms with E-state index in [9.17, 15) is 4.79 Å². The zero-order valence-corrected chi connectivity index (χ0v) is 18.2. The molecule has 4 rings (SSSR count). The number of aromatic amines is 1. The van der Waals surface area contributed by atoms with Crippen molar-refractivity contribution < 1.29 is 9.53 Å². The Morgan fingerprint density at radius 3 is 2.43 bits per heavy atom. The van der Waals surface area contributed by atoms with Crippen LogP contribution in [0.5, 0.6) is 5.88 Å². The zero-order chi connectivity index (χ0) is 21.6. The van der Waals surface area contributed by atoms with Gasteiger partial charge in [-0.15, -0.1) is 0 Å². The first kappa shape index (κ1) is 19.9. The maximum absolute atomic E-state index is 13.5. The van der Waals surface area contributed by atoms with E-state index < -0.39 is 0 Å². The summed E-state index contributed by atoms with van der Waals surface area (Å²) in [6.45, 7) is 6.33. The molecule has 1 aliphatic heterocycles. The summed E-state index contributed by atoms with van der Waals surface area (Å²) < 4.78 is 5.56. The molecule has 7 nitrogen and oxygen atoms in total. The van der Waals surface area contributed by atoms with Crippen molar-refractivity contribution in [2.24, 2.45) is 0 Å². The van der Waals surface area contributed by atoms with Gasteiger partial charge in [0.15, 0.2) is 5.69 Å². The Morgan fingerprint density at radius 1 is 1.13 bits per heavy atom. The van der Waals surface area contributed by atoms with E-state index in [1.165, 1.54) is 0 Å². The predicted molar refractivity (Wildman–Crippen MR) is 117 cm³/mol. The van der Waals surface area contributed by atoms with Crippen molar-refractivity contribution in [3.8, 4) is 5.88 Å². The molecule has 0 radical (unpaired) electrons. The van der Waals surface area contributed by atoms with Gasteiger partial charge in [0.25, 0.3) is 5.91 Å². The molecule has 7 heteroatoms. The highest BCUT2D eigenvalue weighted by atomic mass is 16.5. The average Bonchev–Trinajstić information content (AvgIpc) is 3.27. The number of amides is 1. The Bertz CT molecular complexity index is 1080. The molecule has 2 aromatic heterocycles. The highest BCUT2D eigenvalue weighted by Crippen LogP contribution is 2.46. The molecule has 3 aromatic rings. The smallest absolute Gasteiger partial charge is 0.280 e. The largest absolute Gasteiger partial charge is 0.481 e. The molecule has 30 heavy (non-hydrogen) atoms. The molecule has 0 saturated heterocycles. The fraction of sp³-hybridized carbons (Fsp3) is 0.348. The number of H-pyrrole nitrogens is 1. The number of ether oxygens (including phenoxy) is 1. The molecule has 0 spiro atoms. The van der Waals surface area contributed by atoms with Gasteiger partial charge in [0, 0.05) is 53.9 Å². The van der Waals surface area contributed by atoms with Gasteiger partial charge in [-0.25, -0.2) is 4.98 Å². The standard InChI is InChI=1S/C23H27N5O2/c1-23(2,3)20-17-18(25-26-20)22(29)28(15-11-9-14(10-12-15)27(4)5)19(17)16-8-7-13-24-21(16)30-6/h7-13,19H,1-6H3,(H,25,26)/t19-/m0/s1. The number of rotatable bonds is 4. The van der Waals surface area contributed by atoms with Crippen molar-refractivity contribution in [2.45, 2.75) is 32.2 Å².